The van der Waals surface area contributed by atoms with E-state index in [1.807, 2.05) is 45.9 Å². The number of nitrogens with two attached hydrogens (primary N) is 1. The number of carbonyl (C=O) groups excluding carboxylic acids is 1. The molecular formula is C16H26N2O2. The van der Waals surface area contributed by atoms with Crippen LogP contribution in [0.1, 0.15) is 31.9 Å². The Kier molecular flexibility index (Phi) is 5.57. The molecule has 4 heteroatoms. The first-order chi connectivity index (χ1) is 9.26. The highest BCUT2D eigenvalue weighted by Gasteiger charge is 2.22. The molecule has 1 amide bonds. The summed E-state index contributed by atoms with van der Waals surface area (Å²) in [5.41, 5.74) is 7.68. The van der Waals surface area contributed by atoms with Gasteiger partial charge in [0.05, 0.1) is 13.0 Å². The lowest BCUT2D eigenvalue weighted by molar-refractivity contribution is -0.126. The monoisotopic (exact) mass is 278 g/mol. The Bertz CT molecular complexity index is 464. The second-order valence-corrected chi connectivity index (χ2v) is 6.18. The molecule has 1 aromatic rings. The van der Waals surface area contributed by atoms with Crippen LogP contribution in [0.25, 0.3) is 0 Å². The zero-order chi connectivity index (χ0) is 15.3. The van der Waals surface area contributed by atoms with E-state index in [1.165, 1.54) is 0 Å². The van der Waals surface area contributed by atoms with Gasteiger partial charge in [-0.05, 0) is 51.3 Å². The van der Waals surface area contributed by atoms with Crippen LogP contribution in [0.2, 0.25) is 0 Å². The van der Waals surface area contributed by atoms with Gasteiger partial charge in [-0.15, -0.1) is 0 Å². The molecule has 0 aromatic heterocycles. The maximum Gasteiger partial charge on any atom is 0.225 e. The number of benzene rings is 1. The van der Waals surface area contributed by atoms with E-state index < -0.39 is 0 Å². The fraction of sp³-hybridized carbons (Fsp3) is 0.562. The van der Waals surface area contributed by atoms with Crippen LogP contribution >= 0.6 is 0 Å². The molecule has 0 bridgehead atoms. The van der Waals surface area contributed by atoms with E-state index in [1.54, 1.807) is 7.11 Å². The van der Waals surface area contributed by atoms with Gasteiger partial charge >= 0.3 is 0 Å². The summed E-state index contributed by atoms with van der Waals surface area (Å²) in [6.07, 6.45) is 0.642. The normalized spacial score (nSPS) is 12.9. The largest absolute Gasteiger partial charge is 0.496 e. The number of rotatable bonds is 5. The van der Waals surface area contributed by atoms with Gasteiger partial charge in [0, 0.05) is 12.1 Å². The lowest BCUT2D eigenvalue weighted by Crippen LogP contribution is -2.46. The Balaban J connectivity index is 2.78. The Morgan fingerprint density at radius 1 is 1.40 bits per heavy atom. The molecule has 0 fully saturated rings. The first-order valence-corrected chi connectivity index (χ1v) is 6.92. The molecule has 0 heterocycles. The van der Waals surface area contributed by atoms with Crippen molar-refractivity contribution in [3.8, 4) is 5.75 Å². The van der Waals surface area contributed by atoms with Crippen LogP contribution in [-0.2, 0) is 11.2 Å². The molecular weight excluding hydrogens is 252 g/mol. The fourth-order valence-electron chi connectivity index (χ4n) is 2.11. The van der Waals surface area contributed by atoms with E-state index in [0.29, 0.717) is 13.0 Å². The third-order valence-electron chi connectivity index (χ3n) is 3.09. The zero-order valence-corrected chi connectivity index (χ0v) is 13.1. The standard InChI is InChI=1S/C16H26N2O2/c1-11-8-12(6-7-14(11)20-5)9-13(10-17)15(19)18-16(2,3)4/h6-8,13H,9-10,17H2,1-5H3,(H,18,19). The lowest BCUT2D eigenvalue weighted by Gasteiger charge is -2.24. The molecule has 4 nitrogen and oxygen atoms in total. The minimum atomic E-state index is -0.236. The van der Waals surface area contributed by atoms with Gasteiger partial charge in [0.25, 0.3) is 0 Å². The number of carbonyl (C=O) groups is 1. The van der Waals surface area contributed by atoms with Gasteiger partial charge in [-0.25, -0.2) is 0 Å². The number of methoxy groups -OCH3 is 1. The minimum absolute atomic E-state index is 0.00784. The van der Waals surface area contributed by atoms with Gasteiger partial charge in [-0.3, -0.25) is 4.79 Å². The molecule has 0 spiro atoms. The smallest absolute Gasteiger partial charge is 0.225 e. The molecule has 112 valence electrons. The van der Waals surface area contributed by atoms with E-state index in [0.717, 1.165) is 16.9 Å². The molecule has 1 rings (SSSR count). The third-order valence-corrected chi connectivity index (χ3v) is 3.09. The van der Waals surface area contributed by atoms with E-state index in [-0.39, 0.29) is 17.4 Å². The van der Waals surface area contributed by atoms with Crippen molar-refractivity contribution in [3.05, 3.63) is 29.3 Å². The van der Waals surface area contributed by atoms with Crippen LogP contribution in [0.5, 0.6) is 5.75 Å². The van der Waals surface area contributed by atoms with Crippen LogP contribution in [0, 0.1) is 12.8 Å². The van der Waals surface area contributed by atoms with Gasteiger partial charge in [-0.1, -0.05) is 12.1 Å². The van der Waals surface area contributed by atoms with Crippen LogP contribution in [0.15, 0.2) is 18.2 Å². The molecule has 3 N–H and O–H groups in total. The highest BCUT2D eigenvalue weighted by molar-refractivity contribution is 5.79. The summed E-state index contributed by atoms with van der Waals surface area (Å²) in [5.74, 6) is 0.660. The van der Waals surface area contributed by atoms with Crippen molar-refractivity contribution in [2.45, 2.75) is 39.7 Å². The van der Waals surface area contributed by atoms with Gasteiger partial charge in [0.15, 0.2) is 0 Å². The van der Waals surface area contributed by atoms with Crippen molar-refractivity contribution in [2.24, 2.45) is 11.7 Å². The summed E-state index contributed by atoms with van der Waals surface area (Å²) in [5, 5.41) is 2.98. The second kappa shape index (κ2) is 6.75. The molecule has 0 aliphatic rings. The summed E-state index contributed by atoms with van der Waals surface area (Å²) in [6.45, 7) is 8.24. The van der Waals surface area contributed by atoms with Gasteiger partial charge in [0.2, 0.25) is 5.91 Å². The Morgan fingerprint density at radius 3 is 2.50 bits per heavy atom. The van der Waals surface area contributed by atoms with E-state index in [4.69, 9.17) is 10.5 Å². The highest BCUT2D eigenvalue weighted by atomic mass is 16.5. The minimum Gasteiger partial charge on any atom is -0.496 e. The van der Waals surface area contributed by atoms with Crippen LogP contribution in [0.3, 0.4) is 0 Å². The Labute approximate surface area is 121 Å². The van der Waals surface area contributed by atoms with Crippen molar-refractivity contribution >= 4 is 5.91 Å². The van der Waals surface area contributed by atoms with Crippen molar-refractivity contribution in [1.82, 2.24) is 5.32 Å². The Hall–Kier alpha value is -1.55. The quantitative estimate of drug-likeness (QED) is 0.866. The van der Waals surface area contributed by atoms with Crippen molar-refractivity contribution < 1.29 is 9.53 Å². The van der Waals surface area contributed by atoms with Crippen molar-refractivity contribution in [3.63, 3.8) is 0 Å². The van der Waals surface area contributed by atoms with Gasteiger partial charge in [-0.2, -0.15) is 0 Å². The first kappa shape index (κ1) is 16.5. The maximum atomic E-state index is 12.2. The summed E-state index contributed by atoms with van der Waals surface area (Å²) >= 11 is 0. The Morgan fingerprint density at radius 2 is 2.05 bits per heavy atom. The first-order valence-electron chi connectivity index (χ1n) is 6.92. The van der Waals surface area contributed by atoms with E-state index in [2.05, 4.69) is 5.32 Å². The number of ether oxygens (including phenoxy) is 1. The van der Waals surface area contributed by atoms with Gasteiger partial charge < -0.3 is 15.8 Å². The third kappa shape index (κ3) is 4.85. The predicted molar refractivity (Wildman–Crippen MR) is 81.9 cm³/mol. The second-order valence-electron chi connectivity index (χ2n) is 6.18. The molecule has 20 heavy (non-hydrogen) atoms. The lowest BCUT2D eigenvalue weighted by atomic mass is 9.96. The molecule has 0 saturated heterocycles. The van der Waals surface area contributed by atoms with Crippen molar-refractivity contribution in [1.29, 1.82) is 0 Å². The number of amides is 1. The zero-order valence-electron chi connectivity index (χ0n) is 13.1. The summed E-state index contributed by atoms with van der Waals surface area (Å²) < 4.78 is 5.24. The maximum absolute atomic E-state index is 12.2. The topological polar surface area (TPSA) is 64.3 Å². The van der Waals surface area contributed by atoms with Crippen LogP contribution < -0.4 is 15.8 Å². The van der Waals surface area contributed by atoms with E-state index >= 15 is 0 Å². The number of aryl methyl sites for hydroxylation is 1. The fourth-order valence-corrected chi connectivity index (χ4v) is 2.11. The molecule has 1 unspecified atom stereocenters. The SMILES string of the molecule is COc1ccc(CC(CN)C(=O)NC(C)(C)C)cc1C. The number of hydrogen-bond acceptors (Lipinski definition) is 3. The molecule has 0 aliphatic carbocycles. The molecule has 0 aliphatic heterocycles. The average Bonchev–Trinajstić information content (AvgIpc) is 2.33. The van der Waals surface area contributed by atoms with Gasteiger partial charge in [0.1, 0.15) is 5.75 Å². The summed E-state index contributed by atoms with van der Waals surface area (Å²) in [6, 6.07) is 5.96. The highest BCUT2D eigenvalue weighted by Crippen LogP contribution is 2.20. The average molecular weight is 278 g/mol. The molecule has 0 radical (unpaired) electrons. The summed E-state index contributed by atoms with van der Waals surface area (Å²) in [4.78, 5) is 12.2. The number of hydrogen-bond donors (Lipinski definition) is 2. The van der Waals surface area contributed by atoms with Crippen LogP contribution in [0.4, 0.5) is 0 Å². The predicted octanol–water partition coefficient (Wildman–Crippen LogP) is 2.04. The number of nitrogens with one attached hydrogen (secondary N) is 1. The van der Waals surface area contributed by atoms with Crippen molar-refractivity contribution in [2.75, 3.05) is 13.7 Å². The van der Waals surface area contributed by atoms with Crippen LogP contribution in [-0.4, -0.2) is 25.1 Å². The summed E-state index contributed by atoms with van der Waals surface area (Å²) in [7, 11) is 1.65. The van der Waals surface area contributed by atoms with E-state index in [9.17, 15) is 4.79 Å². The molecule has 0 saturated carbocycles. The molecule has 1 aromatic carbocycles. The molecule has 1 atom stereocenters.